The summed E-state index contributed by atoms with van der Waals surface area (Å²) in [6.45, 7) is 1.82. The lowest BCUT2D eigenvalue weighted by molar-refractivity contribution is -0.115. The molecule has 0 saturated heterocycles. The van der Waals surface area contributed by atoms with E-state index in [-0.39, 0.29) is 23.8 Å². The number of phenolic OH excluding ortho intramolecular Hbond substituents is 1. The van der Waals surface area contributed by atoms with Gasteiger partial charge in [-0.15, -0.1) is 0 Å². The summed E-state index contributed by atoms with van der Waals surface area (Å²) >= 11 is 12.2. The van der Waals surface area contributed by atoms with Gasteiger partial charge in [-0.2, -0.15) is 0 Å². The largest absolute Gasteiger partial charge is 0.506 e. The molecule has 0 heterocycles. The Morgan fingerprint density at radius 3 is 2.11 bits per heavy atom. The Bertz CT molecular complexity index is 1330. The van der Waals surface area contributed by atoms with Crippen molar-refractivity contribution in [1.82, 2.24) is 0 Å². The first kappa shape index (κ1) is 24.5. The second kappa shape index (κ2) is 10.7. The Morgan fingerprint density at radius 2 is 1.51 bits per heavy atom. The van der Waals surface area contributed by atoms with Gasteiger partial charge in [0, 0.05) is 11.1 Å². The van der Waals surface area contributed by atoms with Crippen LogP contribution in [-0.4, -0.2) is 18.1 Å². The summed E-state index contributed by atoms with van der Waals surface area (Å²) in [5.41, 5.74) is 4.01. The van der Waals surface area contributed by atoms with E-state index < -0.39 is 0 Å². The highest BCUT2D eigenvalue weighted by atomic mass is 35.5. The second-order valence-corrected chi connectivity index (χ2v) is 8.81. The Kier molecular flexibility index (Phi) is 7.49. The zero-order valence-corrected chi connectivity index (χ0v) is 20.7. The number of carbonyl (C=O) groups excluding carboxylic acids is 1. The summed E-state index contributed by atoms with van der Waals surface area (Å²) in [6.07, 6.45) is 0.167. The predicted molar refractivity (Wildman–Crippen MR) is 140 cm³/mol. The molecule has 0 unspecified atom stereocenters. The van der Waals surface area contributed by atoms with Crippen molar-refractivity contribution in [3.05, 3.63) is 100 Å². The lowest BCUT2D eigenvalue weighted by Gasteiger charge is -2.13. The Labute approximate surface area is 213 Å². The van der Waals surface area contributed by atoms with Gasteiger partial charge in [0.2, 0.25) is 5.91 Å². The first-order valence-electron chi connectivity index (χ1n) is 10.8. The first-order chi connectivity index (χ1) is 16.8. The number of halogens is 2. The molecule has 1 amide bonds. The minimum atomic E-state index is -0.247. The van der Waals surface area contributed by atoms with E-state index in [9.17, 15) is 9.90 Å². The Morgan fingerprint density at radius 1 is 0.886 bits per heavy atom. The van der Waals surface area contributed by atoms with Gasteiger partial charge in [-0.1, -0.05) is 59.6 Å². The fraction of sp³-hybridized carbons (Fsp3) is 0.107. The summed E-state index contributed by atoms with van der Waals surface area (Å²) in [7, 11) is 1.63. The molecule has 5 nitrogen and oxygen atoms in total. The molecule has 7 heteroatoms. The number of benzene rings is 4. The van der Waals surface area contributed by atoms with Crippen LogP contribution in [0.4, 0.5) is 5.69 Å². The fourth-order valence-corrected chi connectivity index (χ4v) is 4.23. The predicted octanol–water partition coefficient (Wildman–Crippen LogP) is 7.66. The van der Waals surface area contributed by atoms with Crippen LogP contribution in [0.1, 0.15) is 11.1 Å². The number of rotatable bonds is 7. The third kappa shape index (κ3) is 6.07. The fourth-order valence-electron chi connectivity index (χ4n) is 3.60. The zero-order chi connectivity index (χ0) is 24.9. The third-order valence-corrected chi connectivity index (χ3v) is 5.90. The van der Waals surface area contributed by atoms with E-state index in [1.165, 1.54) is 6.07 Å². The van der Waals surface area contributed by atoms with Crippen molar-refractivity contribution >= 4 is 34.8 Å². The molecule has 4 aromatic rings. The minimum Gasteiger partial charge on any atom is -0.506 e. The number of amides is 1. The molecule has 0 aliphatic carbocycles. The maximum Gasteiger partial charge on any atom is 0.228 e. The molecule has 0 fully saturated rings. The van der Waals surface area contributed by atoms with Crippen molar-refractivity contribution in [3.8, 4) is 34.1 Å². The SMILES string of the molecule is COc1ccc(-c2ccc(CC(=O)Nc3ccc(Oc4c(C)cc(Cl)cc4Cl)cc3O)cc2)cc1. The summed E-state index contributed by atoms with van der Waals surface area (Å²) in [5.74, 6) is 1.26. The minimum absolute atomic E-state index is 0.117. The van der Waals surface area contributed by atoms with Crippen LogP contribution >= 0.6 is 23.2 Å². The van der Waals surface area contributed by atoms with E-state index >= 15 is 0 Å². The quantitative estimate of drug-likeness (QED) is 0.252. The monoisotopic (exact) mass is 507 g/mol. The van der Waals surface area contributed by atoms with Gasteiger partial charge in [0.25, 0.3) is 0 Å². The molecule has 0 aliphatic rings. The molecule has 0 saturated carbocycles. The van der Waals surface area contributed by atoms with Gasteiger partial charge in [-0.25, -0.2) is 0 Å². The van der Waals surface area contributed by atoms with Crippen molar-refractivity contribution in [2.45, 2.75) is 13.3 Å². The highest BCUT2D eigenvalue weighted by Gasteiger charge is 2.12. The first-order valence-corrected chi connectivity index (χ1v) is 11.6. The number of hydrogen-bond acceptors (Lipinski definition) is 4. The number of methoxy groups -OCH3 is 1. The van der Waals surface area contributed by atoms with Crippen molar-refractivity contribution in [3.63, 3.8) is 0 Å². The normalized spacial score (nSPS) is 10.6. The van der Waals surface area contributed by atoms with Crippen molar-refractivity contribution < 1.29 is 19.4 Å². The number of ether oxygens (including phenoxy) is 2. The lowest BCUT2D eigenvalue weighted by Crippen LogP contribution is -2.14. The van der Waals surface area contributed by atoms with Gasteiger partial charge in [0.05, 0.1) is 24.2 Å². The smallest absolute Gasteiger partial charge is 0.228 e. The van der Waals surface area contributed by atoms with Crippen LogP contribution in [0.5, 0.6) is 23.0 Å². The highest BCUT2D eigenvalue weighted by molar-refractivity contribution is 6.35. The summed E-state index contributed by atoms with van der Waals surface area (Å²) in [6, 6.07) is 23.5. The average molecular weight is 508 g/mol. The van der Waals surface area contributed by atoms with E-state index in [1.807, 2.05) is 55.5 Å². The number of anilines is 1. The molecule has 0 aliphatic heterocycles. The molecule has 2 N–H and O–H groups in total. The van der Waals surface area contributed by atoms with Crippen LogP contribution in [0, 0.1) is 6.92 Å². The number of hydrogen-bond donors (Lipinski definition) is 2. The van der Waals surface area contributed by atoms with Crippen LogP contribution in [0.3, 0.4) is 0 Å². The van der Waals surface area contributed by atoms with Crippen LogP contribution < -0.4 is 14.8 Å². The number of nitrogens with one attached hydrogen (secondary N) is 1. The molecule has 178 valence electrons. The molecule has 4 rings (SSSR count). The molecule has 0 atom stereocenters. The molecule has 0 spiro atoms. The van der Waals surface area contributed by atoms with Gasteiger partial charge < -0.3 is 19.9 Å². The Balaban J connectivity index is 1.39. The maximum atomic E-state index is 12.6. The number of phenols is 1. The number of aryl methyl sites for hydroxylation is 1. The molecular weight excluding hydrogens is 485 g/mol. The highest BCUT2D eigenvalue weighted by Crippen LogP contribution is 2.37. The third-order valence-electron chi connectivity index (χ3n) is 5.40. The topological polar surface area (TPSA) is 67.8 Å². The van der Waals surface area contributed by atoms with Crippen molar-refractivity contribution in [2.24, 2.45) is 0 Å². The van der Waals surface area contributed by atoms with E-state index in [2.05, 4.69) is 5.32 Å². The van der Waals surface area contributed by atoms with Crippen LogP contribution in [0.2, 0.25) is 10.0 Å². The van der Waals surface area contributed by atoms with E-state index in [1.54, 1.807) is 31.4 Å². The van der Waals surface area contributed by atoms with Crippen LogP contribution in [0.15, 0.2) is 78.9 Å². The van der Waals surface area contributed by atoms with Gasteiger partial charge in [0.1, 0.15) is 23.0 Å². The van der Waals surface area contributed by atoms with Gasteiger partial charge in [-0.3, -0.25) is 4.79 Å². The van der Waals surface area contributed by atoms with E-state index in [4.69, 9.17) is 32.7 Å². The van der Waals surface area contributed by atoms with Gasteiger partial charge in [-0.05, 0) is 65.6 Å². The maximum absolute atomic E-state index is 12.6. The van der Waals surface area contributed by atoms with E-state index in [0.29, 0.717) is 21.5 Å². The number of carbonyl (C=O) groups is 1. The standard InChI is InChI=1S/C28H23Cl2NO4/c1-17-13-21(29)15-24(30)28(17)35-23-11-12-25(26(32)16-23)31-27(33)14-18-3-5-19(6-4-18)20-7-9-22(34-2)10-8-20/h3-13,15-16,32H,14H2,1-2H3,(H,31,33). The lowest BCUT2D eigenvalue weighted by atomic mass is 10.0. The Hall–Kier alpha value is -3.67. The molecule has 0 bridgehead atoms. The zero-order valence-electron chi connectivity index (χ0n) is 19.1. The van der Waals surface area contributed by atoms with Gasteiger partial charge in [0.15, 0.2) is 0 Å². The van der Waals surface area contributed by atoms with Crippen molar-refractivity contribution in [1.29, 1.82) is 0 Å². The van der Waals surface area contributed by atoms with Crippen LogP contribution in [0.25, 0.3) is 11.1 Å². The average Bonchev–Trinajstić information content (AvgIpc) is 2.83. The van der Waals surface area contributed by atoms with Gasteiger partial charge >= 0.3 is 0 Å². The van der Waals surface area contributed by atoms with Crippen molar-refractivity contribution in [2.75, 3.05) is 12.4 Å². The molecular formula is C28H23Cl2NO4. The van der Waals surface area contributed by atoms with E-state index in [0.717, 1.165) is 28.0 Å². The molecule has 0 radical (unpaired) electrons. The summed E-state index contributed by atoms with van der Waals surface area (Å²) in [4.78, 5) is 12.6. The number of aromatic hydroxyl groups is 1. The summed E-state index contributed by atoms with van der Waals surface area (Å²) < 4.78 is 11.0. The van der Waals surface area contributed by atoms with Crippen LogP contribution in [-0.2, 0) is 11.2 Å². The molecule has 35 heavy (non-hydrogen) atoms. The second-order valence-electron chi connectivity index (χ2n) is 7.97. The molecule has 4 aromatic carbocycles. The summed E-state index contributed by atoms with van der Waals surface area (Å²) in [5, 5.41) is 14.0. The molecule has 0 aromatic heterocycles.